The van der Waals surface area contributed by atoms with Crippen molar-refractivity contribution in [1.82, 2.24) is 4.98 Å². The molecule has 0 atom stereocenters. The average Bonchev–Trinajstić information content (AvgIpc) is 2.68. The number of amides is 1. The first-order valence-corrected chi connectivity index (χ1v) is 6.10. The van der Waals surface area contributed by atoms with E-state index in [0.717, 1.165) is 10.3 Å². The van der Waals surface area contributed by atoms with Crippen molar-refractivity contribution in [2.75, 3.05) is 5.73 Å². The number of primary amides is 1. The Morgan fingerprint density at radius 1 is 1.39 bits per heavy atom. The molecular weight excluding hydrogens is 250 g/mol. The smallest absolute Gasteiger partial charge is 0.245 e. The van der Waals surface area contributed by atoms with Crippen LogP contribution in [-0.2, 0) is 11.2 Å². The van der Waals surface area contributed by atoms with E-state index in [0.29, 0.717) is 28.2 Å². The molecule has 0 aliphatic heterocycles. The second-order valence-corrected chi connectivity index (χ2v) is 5.11. The molecule has 0 saturated carbocycles. The maximum absolute atomic E-state index is 12.1. The number of carbonyl (C=O) groups excluding carboxylic acids is 2. The molecule has 0 radical (unpaired) electrons. The summed E-state index contributed by atoms with van der Waals surface area (Å²) in [6.45, 7) is 0. The molecule has 1 aromatic carbocycles. The summed E-state index contributed by atoms with van der Waals surface area (Å²) in [5.41, 5.74) is 13.3. The molecular formula is C12H9N3O2S. The molecule has 5 nitrogen and oxygen atoms in total. The van der Waals surface area contributed by atoms with Crippen molar-refractivity contribution < 1.29 is 9.59 Å². The normalized spacial score (nSPS) is 14.4. The molecule has 18 heavy (non-hydrogen) atoms. The summed E-state index contributed by atoms with van der Waals surface area (Å²) in [6, 6.07) is 3.60. The molecule has 0 unspecified atom stereocenters. The van der Waals surface area contributed by atoms with Gasteiger partial charge in [-0.1, -0.05) is 17.4 Å². The molecule has 2 aromatic rings. The maximum Gasteiger partial charge on any atom is 0.245 e. The van der Waals surface area contributed by atoms with Crippen LogP contribution in [0.15, 0.2) is 23.8 Å². The van der Waals surface area contributed by atoms with Crippen molar-refractivity contribution in [3.63, 3.8) is 0 Å². The Morgan fingerprint density at radius 3 is 2.89 bits per heavy atom. The first kappa shape index (κ1) is 10.9. The predicted molar refractivity (Wildman–Crippen MR) is 69.3 cm³/mol. The number of aromatic nitrogens is 1. The third kappa shape index (κ3) is 1.50. The Morgan fingerprint density at radius 2 is 2.17 bits per heavy atom. The molecule has 1 aromatic heterocycles. The molecule has 0 spiro atoms. The zero-order chi connectivity index (χ0) is 12.9. The van der Waals surface area contributed by atoms with Crippen LogP contribution in [0.5, 0.6) is 0 Å². The van der Waals surface area contributed by atoms with Crippen molar-refractivity contribution in [1.29, 1.82) is 0 Å². The molecule has 0 saturated heterocycles. The van der Waals surface area contributed by atoms with Crippen molar-refractivity contribution in [3.8, 4) is 0 Å². The lowest BCUT2D eigenvalue weighted by molar-refractivity contribution is -0.114. The van der Waals surface area contributed by atoms with E-state index < -0.39 is 5.91 Å². The van der Waals surface area contributed by atoms with E-state index in [1.165, 1.54) is 17.4 Å². The molecule has 1 aliphatic carbocycles. The van der Waals surface area contributed by atoms with Gasteiger partial charge in [0.05, 0.1) is 10.2 Å². The van der Waals surface area contributed by atoms with E-state index in [4.69, 9.17) is 11.5 Å². The molecule has 0 fully saturated rings. The largest absolute Gasteiger partial charge is 0.375 e. The lowest BCUT2D eigenvalue weighted by atomic mass is 9.90. The Kier molecular flexibility index (Phi) is 2.21. The van der Waals surface area contributed by atoms with Crippen LogP contribution in [-0.4, -0.2) is 16.7 Å². The van der Waals surface area contributed by atoms with Gasteiger partial charge in [0.1, 0.15) is 0 Å². The number of nitrogens with two attached hydrogens (primary N) is 2. The average molecular weight is 259 g/mol. The van der Waals surface area contributed by atoms with Crippen LogP contribution in [0, 0.1) is 0 Å². The van der Waals surface area contributed by atoms with E-state index in [-0.39, 0.29) is 5.78 Å². The van der Waals surface area contributed by atoms with E-state index in [1.807, 2.05) is 0 Å². The van der Waals surface area contributed by atoms with Crippen molar-refractivity contribution in [3.05, 3.63) is 34.9 Å². The van der Waals surface area contributed by atoms with Crippen molar-refractivity contribution in [2.45, 2.75) is 6.42 Å². The van der Waals surface area contributed by atoms with Gasteiger partial charge < -0.3 is 11.5 Å². The number of anilines is 1. The summed E-state index contributed by atoms with van der Waals surface area (Å²) in [7, 11) is 0. The van der Waals surface area contributed by atoms with Gasteiger partial charge in [-0.2, -0.15) is 0 Å². The van der Waals surface area contributed by atoms with Gasteiger partial charge in [0.2, 0.25) is 5.91 Å². The molecule has 0 bridgehead atoms. The van der Waals surface area contributed by atoms with Gasteiger partial charge in [-0.15, -0.1) is 0 Å². The molecule has 90 valence electrons. The standard InChI is InChI=1S/C12H9N3O2S/c13-11(17)6-3-5-1-2-7-10(18-12(14)15-7)9(5)8(16)4-6/h1-2,4H,3H2,(H2,13,17)(H2,14,15). The van der Waals surface area contributed by atoms with Gasteiger partial charge in [0.15, 0.2) is 10.9 Å². The van der Waals surface area contributed by atoms with Crippen LogP contribution in [0.1, 0.15) is 15.9 Å². The highest BCUT2D eigenvalue weighted by Crippen LogP contribution is 2.33. The van der Waals surface area contributed by atoms with E-state index in [1.54, 1.807) is 12.1 Å². The fourth-order valence-electron chi connectivity index (χ4n) is 2.11. The van der Waals surface area contributed by atoms with Crippen LogP contribution in [0.4, 0.5) is 5.13 Å². The van der Waals surface area contributed by atoms with Gasteiger partial charge in [-0.05, 0) is 17.7 Å². The van der Waals surface area contributed by atoms with Gasteiger partial charge in [0, 0.05) is 17.6 Å². The summed E-state index contributed by atoms with van der Waals surface area (Å²) < 4.78 is 0.773. The zero-order valence-corrected chi connectivity index (χ0v) is 10.1. The molecule has 1 heterocycles. The van der Waals surface area contributed by atoms with Crippen LogP contribution in [0.2, 0.25) is 0 Å². The highest BCUT2D eigenvalue weighted by Gasteiger charge is 2.23. The summed E-state index contributed by atoms with van der Waals surface area (Å²) in [5, 5.41) is 0.427. The summed E-state index contributed by atoms with van der Waals surface area (Å²) in [4.78, 5) is 27.4. The quantitative estimate of drug-likeness (QED) is 0.798. The number of thiazole rings is 1. The zero-order valence-electron chi connectivity index (χ0n) is 9.27. The Hall–Kier alpha value is -2.21. The Bertz CT molecular complexity index is 730. The minimum atomic E-state index is -0.557. The topological polar surface area (TPSA) is 99.1 Å². The molecule has 1 aliphatic rings. The first-order valence-electron chi connectivity index (χ1n) is 5.29. The lowest BCUT2D eigenvalue weighted by Gasteiger charge is -2.14. The van der Waals surface area contributed by atoms with Crippen LogP contribution in [0.3, 0.4) is 0 Å². The fraction of sp³-hybridized carbons (Fsp3) is 0.0833. The van der Waals surface area contributed by atoms with Crippen LogP contribution < -0.4 is 11.5 Å². The lowest BCUT2D eigenvalue weighted by Crippen LogP contribution is -2.21. The summed E-state index contributed by atoms with van der Waals surface area (Å²) in [6.07, 6.45) is 1.68. The molecule has 3 rings (SSSR count). The number of rotatable bonds is 1. The Balaban J connectivity index is 2.26. The number of allylic oxidation sites excluding steroid dienone is 1. The van der Waals surface area contributed by atoms with Gasteiger partial charge in [0.25, 0.3) is 0 Å². The number of nitrogens with zero attached hydrogens (tertiary/aromatic N) is 1. The number of fused-ring (bicyclic) bond motifs is 3. The molecule has 6 heteroatoms. The maximum atomic E-state index is 12.1. The summed E-state index contributed by atoms with van der Waals surface area (Å²) >= 11 is 1.28. The number of carbonyl (C=O) groups is 2. The molecule has 1 amide bonds. The highest BCUT2D eigenvalue weighted by atomic mass is 32.1. The number of benzene rings is 1. The number of nitrogen functional groups attached to an aromatic ring is 1. The second-order valence-electron chi connectivity index (χ2n) is 4.07. The third-order valence-electron chi connectivity index (χ3n) is 2.91. The fourth-order valence-corrected chi connectivity index (χ4v) is 3.02. The van der Waals surface area contributed by atoms with Gasteiger partial charge in [-0.25, -0.2) is 4.98 Å². The Labute approximate surface area is 106 Å². The van der Waals surface area contributed by atoms with Gasteiger partial charge >= 0.3 is 0 Å². The predicted octanol–water partition coefficient (Wildman–Crippen LogP) is 1.03. The SMILES string of the molecule is NC(=O)C1=CC(=O)c2c(ccc3nc(N)sc23)C1. The van der Waals surface area contributed by atoms with Crippen LogP contribution in [0.25, 0.3) is 10.2 Å². The number of hydrogen-bond acceptors (Lipinski definition) is 5. The number of hydrogen-bond donors (Lipinski definition) is 2. The van der Waals surface area contributed by atoms with Crippen molar-refractivity contribution in [2.24, 2.45) is 5.73 Å². The summed E-state index contributed by atoms with van der Waals surface area (Å²) in [5.74, 6) is -0.766. The van der Waals surface area contributed by atoms with Gasteiger partial charge in [-0.3, -0.25) is 9.59 Å². The van der Waals surface area contributed by atoms with E-state index >= 15 is 0 Å². The van der Waals surface area contributed by atoms with Crippen LogP contribution >= 0.6 is 11.3 Å². The monoisotopic (exact) mass is 259 g/mol. The highest BCUT2D eigenvalue weighted by molar-refractivity contribution is 7.22. The minimum absolute atomic E-state index is 0.209. The van der Waals surface area contributed by atoms with E-state index in [2.05, 4.69) is 4.98 Å². The number of ketones is 1. The third-order valence-corrected chi connectivity index (χ3v) is 3.83. The van der Waals surface area contributed by atoms with Crippen molar-refractivity contribution >= 4 is 38.4 Å². The second kappa shape index (κ2) is 3.64. The minimum Gasteiger partial charge on any atom is -0.375 e. The first-order chi connectivity index (χ1) is 8.56. The van der Waals surface area contributed by atoms with E-state index in [9.17, 15) is 9.59 Å². The molecule has 4 N–H and O–H groups in total.